The van der Waals surface area contributed by atoms with Crippen molar-refractivity contribution in [3.8, 4) is 0 Å². The van der Waals surface area contributed by atoms with Gasteiger partial charge in [-0.3, -0.25) is 9.59 Å². The van der Waals surface area contributed by atoms with Crippen LogP contribution in [-0.2, 0) is 19.1 Å². The summed E-state index contributed by atoms with van der Waals surface area (Å²) in [5.41, 5.74) is 0.265. The number of unbranched alkanes of at least 4 members (excludes halogenated alkanes) is 1. The Hall–Kier alpha value is -3.70. The molecule has 2 amide bonds. The number of carboxylic acids is 3. The van der Waals surface area contributed by atoms with Crippen LogP contribution in [0.4, 0.5) is 9.18 Å². The first kappa shape index (κ1) is 25.3. The molecule has 0 aromatic heterocycles. The Morgan fingerprint density at radius 3 is 2.13 bits per heavy atom. The highest BCUT2D eigenvalue weighted by molar-refractivity contribution is 5.94. The highest BCUT2D eigenvalue weighted by Crippen LogP contribution is 2.08. The van der Waals surface area contributed by atoms with Gasteiger partial charge >= 0.3 is 24.0 Å². The minimum Gasteiger partial charge on any atom is -0.481 e. The van der Waals surface area contributed by atoms with Gasteiger partial charge in [-0.1, -0.05) is 0 Å². The van der Waals surface area contributed by atoms with E-state index in [-0.39, 0.29) is 24.9 Å². The first-order valence-electron chi connectivity index (χ1n) is 9.28. The van der Waals surface area contributed by atoms with Crippen molar-refractivity contribution in [2.24, 2.45) is 0 Å². The second-order valence-corrected chi connectivity index (χ2v) is 6.46. The molecule has 12 heteroatoms. The number of carboxylic acid groups (broad SMARTS) is 3. The summed E-state index contributed by atoms with van der Waals surface area (Å²) in [4.78, 5) is 56.5. The average molecular weight is 442 g/mol. The van der Waals surface area contributed by atoms with Gasteiger partial charge in [-0.25, -0.2) is 18.8 Å². The zero-order chi connectivity index (χ0) is 23.4. The molecular formula is C19H23FN2O9. The second kappa shape index (κ2) is 12.8. The summed E-state index contributed by atoms with van der Waals surface area (Å²) < 4.78 is 17.6. The van der Waals surface area contributed by atoms with Crippen LogP contribution in [0.5, 0.6) is 0 Å². The SMILES string of the molecule is O=C(O)CCC(NC(=O)OC(CCCCNC(=O)c1ccc(F)cc1)C(=O)O)C(=O)O. The molecule has 0 aliphatic rings. The molecule has 1 aromatic rings. The molecule has 0 heterocycles. The number of aliphatic carboxylic acids is 3. The first-order chi connectivity index (χ1) is 14.6. The summed E-state index contributed by atoms with van der Waals surface area (Å²) >= 11 is 0. The van der Waals surface area contributed by atoms with Crippen LogP contribution in [-0.4, -0.2) is 63.9 Å². The summed E-state index contributed by atoms with van der Waals surface area (Å²) in [6.45, 7) is 0.199. The molecule has 0 fully saturated rings. The van der Waals surface area contributed by atoms with Crippen molar-refractivity contribution < 1.29 is 48.4 Å². The number of rotatable bonds is 13. The summed E-state index contributed by atoms with van der Waals surface area (Å²) in [5, 5.41) is 31.2. The fourth-order valence-corrected chi connectivity index (χ4v) is 2.42. The van der Waals surface area contributed by atoms with Gasteiger partial charge in [0, 0.05) is 18.5 Å². The monoisotopic (exact) mass is 442 g/mol. The van der Waals surface area contributed by atoms with Crippen molar-refractivity contribution in [2.45, 2.75) is 44.2 Å². The number of nitrogens with one attached hydrogen (secondary N) is 2. The Bertz CT molecular complexity index is 798. The average Bonchev–Trinajstić information content (AvgIpc) is 2.69. The Balaban J connectivity index is 2.41. The molecular weight excluding hydrogens is 419 g/mol. The minimum absolute atomic E-state index is 0.0952. The van der Waals surface area contributed by atoms with Crippen LogP contribution in [0.3, 0.4) is 0 Å². The molecule has 31 heavy (non-hydrogen) atoms. The Labute approximate surface area is 176 Å². The van der Waals surface area contributed by atoms with E-state index in [1.54, 1.807) is 0 Å². The molecule has 0 saturated heterocycles. The lowest BCUT2D eigenvalue weighted by atomic mass is 10.1. The molecule has 0 saturated carbocycles. The Morgan fingerprint density at radius 2 is 1.58 bits per heavy atom. The largest absolute Gasteiger partial charge is 0.481 e. The van der Waals surface area contributed by atoms with Crippen LogP contribution in [0.2, 0.25) is 0 Å². The van der Waals surface area contributed by atoms with Gasteiger partial charge in [-0.2, -0.15) is 0 Å². The smallest absolute Gasteiger partial charge is 0.408 e. The lowest BCUT2D eigenvalue weighted by Crippen LogP contribution is -2.43. The van der Waals surface area contributed by atoms with Crippen molar-refractivity contribution in [3.63, 3.8) is 0 Å². The molecule has 0 spiro atoms. The van der Waals surface area contributed by atoms with Crippen molar-refractivity contribution in [2.75, 3.05) is 6.54 Å². The molecule has 0 aliphatic carbocycles. The third-order valence-corrected chi connectivity index (χ3v) is 4.05. The summed E-state index contributed by atoms with van der Waals surface area (Å²) in [6.07, 6.45) is -3.24. The van der Waals surface area contributed by atoms with Crippen LogP contribution in [0.25, 0.3) is 0 Å². The van der Waals surface area contributed by atoms with Crippen molar-refractivity contribution in [3.05, 3.63) is 35.6 Å². The molecule has 0 bridgehead atoms. The molecule has 2 unspecified atom stereocenters. The van der Waals surface area contributed by atoms with Gasteiger partial charge in [0.05, 0.1) is 0 Å². The maximum Gasteiger partial charge on any atom is 0.408 e. The van der Waals surface area contributed by atoms with E-state index >= 15 is 0 Å². The number of benzene rings is 1. The number of alkyl carbamates (subject to hydrolysis) is 1. The van der Waals surface area contributed by atoms with E-state index < -0.39 is 60.7 Å². The van der Waals surface area contributed by atoms with E-state index in [1.807, 2.05) is 5.32 Å². The molecule has 0 aliphatic heterocycles. The van der Waals surface area contributed by atoms with Gasteiger partial charge in [0.25, 0.3) is 5.91 Å². The van der Waals surface area contributed by atoms with Crippen LogP contribution >= 0.6 is 0 Å². The van der Waals surface area contributed by atoms with Crippen LogP contribution in [0.1, 0.15) is 42.5 Å². The van der Waals surface area contributed by atoms with Gasteiger partial charge in [0.15, 0.2) is 0 Å². The van der Waals surface area contributed by atoms with E-state index in [0.717, 1.165) is 12.1 Å². The number of carbonyl (C=O) groups is 5. The predicted molar refractivity (Wildman–Crippen MR) is 102 cm³/mol. The molecule has 170 valence electrons. The topological polar surface area (TPSA) is 179 Å². The number of amides is 2. The summed E-state index contributed by atoms with van der Waals surface area (Å²) in [6, 6.07) is 3.38. The van der Waals surface area contributed by atoms with Crippen molar-refractivity contribution >= 4 is 29.9 Å². The number of hydrogen-bond acceptors (Lipinski definition) is 6. The lowest BCUT2D eigenvalue weighted by molar-refractivity contribution is -0.147. The van der Waals surface area contributed by atoms with Crippen LogP contribution in [0, 0.1) is 5.82 Å². The van der Waals surface area contributed by atoms with Crippen LogP contribution < -0.4 is 10.6 Å². The summed E-state index contributed by atoms with van der Waals surface area (Å²) in [7, 11) is 0. The molecule has 11 nitrogen and oxygen atoms in total. The first-order valence-corrected chi connectivity index (χ1v) is 9.28. The van der Waals surface area contributed by atoms with E-state index in [9.17, 15) is 28.4 Å². The number of halogens is 1. The van der Waals surface area contributed by atoms with Gasteiger partial charge < -0.3 is 30.7 Å². The maximum atomic E-state index is 12.8. The van der Waals surface area contributed by atoms with Crippen molar-refractivity contribution in [1.82, 2.24) is 10.6 Å². The zero-order valence-corrected chi connectivity index (χ0v) is 16.4. The fourth-order valence-electron chi connectivity index (χ4n) is 2.42. The third-order valence-electron chi connectivity index (χ3n) is 4.05. The normalized spacial score (nSPS) is 12.3. The van der Waals surface area contributed by atoms with E-state index in [0.29, 0.717) is 6.42 Å². The van der Waals surface area contributed by atoms with E-state index in [1.165, 1.54) is 12.1 Å². The number of carbonyl (C=O) groups excluding carboxylic acids is 2. The fraction of sp³-hybridized carbons (Fsp3) is 0.421. The Morgan fingerprint density at radius 1 is 0.935 bits per heavy atom. The zero-order valence-electron chi connectivity index (χ0n) is 16.4. The highest BCUT2D eigenvalue weighted by Gasteiger charge is 2.26. The second-order valence-electron chi connectivity index (χ2n) is 6.46. The van der Waals surface area contributed by atoms with Gasteiger partial charge in [-0.05, 0) is 49.9 Å². The predicted octanol–water partition coefficient (Wildman–Crippen LogP) is 1.22. The highest BCUT2D eigenvalue weighted by atomic mass is 19.1. The molecule has 1 rings (SSSR count). The van der Waals surface area contributed by atoms with E-state index in [2.05, 4.69) is 5.32 Å². The molecule has 0 radical (unpaired) electrons. The molecule has 1 aromatic carbocycles. The number of hydrogen-bond donors (Lipinski definition) is 5. The lowest BCUT2D eigenvalue weighted by Gasteiger charge is -2.17. The molecule has 2 atom stereocenters. The minimum atomic E-state index is -1.55. The standard InChI is InChI=1S/C19H23FN2O9/c20-12-6-4-11(5-7-12)16(25)21-10-2-1-3-14(18(28)29)31-19(30)22-13(17(26)27)8-9-15(23)24/h4-7,13-14H,1-3,8-10H2,(H,21,25)(H,22,30)(H,23,24)(H,26,27)(H,28,29). The Kier molecular flexibility index (Phi) is 10.4. The molecule has 5 N–H and O–H groups in total. The van der Waals surface area contributed by atoms with Gasteiger partial charge in [0.1, 0.15) is 11.9 Å². The quantitative estimate of drug-likeness (QED) is 0.281. The van der Waals surface area contributed by atoms with E-state index in [4.69, 9.17) is 20.1 Å². The third kappa shape index (κ3) is 10.1. The van der Waals surface area contributed by atoms with Crippen molar-refractivity contribution in [1.29, 1.82) is 0 Å². The summed E-state index contributed by atoms with van der Waals surface area (Å²) in [5.74, 6) is -5.08. The van der Waals surface area contributed by atoms with Gasteiger partial charge in [0.2, 0.25) is 6.10 Å². The van der Waals surface area contributed by atoms with Crippen LogP contribution in [0.15, 0.2) is 24.3 Å². The van der Waals surface area contributed by atoms with Gasteiger partial charge in [-0.15, -0.1) is 0 Å². The maximum absolute atomic E-state index is 12.8. The number of ether oxygens (including phenoxy) is 1.